The quantitative estimate of drug-likeness (QED) is 0.882. The molecule has 0 amide bonds. The lowest BCUT2D eigenvalue weighted by molar-refractivity contribution is 0.0697. The number of aromatic carboxylic acids is 1. The summed E-state index contributed by atoms with van der Waals surface area (Å²) in [5, 5.41) is 9.41. The number of carbonyl (C=O) groups is 1. The highest BCUT2D eigenvalue weighted by molar-refractivity contribution is 5.97. The molecule has 0 saturated heterocycles. The molecular weight excluding hydrogens is 236 g/mol. The molecule has 0 atom stereocenters. The summed E-state index contributed by atoms with van der Waals surface area (Å²) in [5.74, 6) is -0.865. The number of aryl methyl sites for hydroxylation is 1. The molecule has 0 fully saturated rings. The molecule has 0 aromatic heterocycles. The fraction of sp³-hybridized carbons (Fsp3) is 0.235. The molecule has 98 valence electrons. The van der Waals surface area contributed by atoms with Crippen molar-refractivity contribution in [3.63, 3.8) is 0 Å². The molecule has 2 nitrogen and oxygen atoms in total. The van der Waals surface area contributed by atoms with Gasteiger partial charge in [-0.25, -0.2) is 4.79 Å². The van der Waals surface area contributed by atoms with Gasteiger partial charge in [0, 0.05) is 0 Å². The summed E-state index contributed by atoms with van der Waals surface area (Å²) in [6, 6.07) is 13.4. The van der Waals surface area contributed by atoms with Crippen molar-refractivity contribution >= 4 is 5.97 Å². The van der Waals surface area contributed by atoms with E-state index in [0.717, 1.165) is 35.1 Å². The van der Waals surface area contributed by atoms with Crippen LogP contribution in [0.1, 0.15) is 34.8 Å². The second-order valence-electron chi connectivity index (χ2n) is 4.70. The predicted molar refractivity (Wildman–Crippen MR) is 77.6 cm³/mol. The highest BCUT2D eigenvalue weighted by atomic mass is 16.4. The summed E-state index contributed by atoms with van der Waals surface area (Å²) in [6.07, 6.45) is 1.90. The Morgan fingerprint density at radius 2 is 1.79 bits per heavy atom. The monoisotopic (exact) mass is 254 g/mol. The molecule has 2 aromatic carbocycles. The largest absolute Gasteiger partial charge is 0.478 e. The van der Waals surface area contributed by atoms with Crippen molar-refractivity contribution in [2.24, 2.45) is 0 Å². The van der Waals surface area contributed by atoms with E-state index in [2.05, 4.69) is 6.92 Å². The normalized spacial score (nSPS) is 10.4. The lowest BCUT2D eigenvalue weighted by Crippen LogP contribution is -2.04. The smallest absolute Gasteiger partial charge is 0.336 e. The zero-order valence-corrected chi connectivity index (χ0v) is 11.3. The zero-order chi connectivity index (χ0) is 13.8. The minimum atomic E-state index is -0.865. The minimum Gasteiger partial charge on any atom is -0.478 e. The van der Waals surface area contributed by atoms with E-state index in [9.17, 15) is 9.90 Å². The van der Waals surface area contributed by atoms with Crippen molar-refractivity contribution in [2.45, 2.75) is 26.7 Å². The maximum atomic E-state index is 11.5. The Morgan fingerprint density at radius 1 is 1.11 bits per heavy atom. The van der Waals surface area contributed by atoms with Gasteiger partial charge in [-0.1, -0.05) is 49.7 Å². The molecule has 2 heteroatoms. The molecule has 19 heavy (non-hydrogen) atoms. The number of carboxylic acids is 1. The van der Waals surface area contributed by atoms with Gasteiger partial charge in [-0.2, -0.15) is 0 Å². The Balaban J connectivity index is 2.73. The average Bonchev–Trinajstić information content (AvgIpc) is 2.41. The number of hydrogen-bond acceptors (Lipinski definition) is 1. The predicted octanol–water partition coefficient (Wildman–Crippen LogP) is 4.31. The minimum absolute atomic E-state index is 0.389. The number of rotatable bonds is 4. The Hall–Kier alpha value is -2.09. The molecule has 0 saturated carbocycles. The van der Waals surface area contributed by atoms with Crippen molar-refractivity contribution < 1.29 is 9.90 Å². The van der Waals surface area contributed by atoms with E-state index in [1.807, 2.05) is 43.3 Å². The molecule has 0 bridgehead atoms. The molecule has 0 unspecified atom stereocenters. The van der Waals surface area contributed by atoms with Gasteiger partial charge in [0.25, 0.3) is 0 Å². The maximum absolute atomic E-state index is 11.5. The molecule has 0 aliphatic rings. The first-order valence-electron chi connectivity index (χ1n) is 6.56. The Bertz CT molecular complexity index is 586. The lowest BCUT2D eigenvalue weighted by Gasteiger charge is -2.15. The van der Waals surface area contributed by atoms with Gasteiger partial charge in [-0.3, -0.25) is 0 Å². The van der Waals surface area contributed by atoms with E-state index in [4.69, 9.17) is 0 Å². The third-order valence-corrected chi connectivity index (χ3v) is 3.34. The molecule has 1 N–H and O–H groups in total. The van der Waals surface area contributed by atoms with Gasteiger partial charge >= 0.3 is 5.97 Å². The maximum Gasteiger partial charge on any atom is 0.336 e. The fourth-order valence-corrected chi connectivity index (χ4v) is 2.44. The van der Waals surface area contributed by atoms with Crippen LogP contribution in [0.5, 0.6) is 0 Å². The topological polar surface area (TPSA) is 37.3 Å². The third-order valence-electron chi connectivity index (χ3n) is 3.34. The standard InChI is InChI=1S/C17H18O2/c1-3-7-14-12(2)10-11-15(17(18)19)16(14)13-8-5-4-6-9-13/h4-6,8-11H,3,7H2,1-2H3,(H,18,19). The van der Waals surface area contributed by atoms with Crippen molar-refractivity contribution in [2.75, 3.05) is 0 Å². The highest BCUT2D eigenvalue weighted by Gasteiger charge is 2.16. The first-order valence-corrected chi connectivity index (χ1v) is 6.56. The Kier molecular flexibility index (Phi) is 4.00. The fourth-order valence-electron chi connectivity index (χ4n) is 2.44. The van der Waals surface area contributed by atoms with E-state index in [-0.39, 0.29) is 0 Å². The molecule has 2 aromatic rings. The van der Waals surface area contributed by atoms with Crippen LogP contribution >= 0.6 is 0 Å². The average molecular weight is 254 g/mol. The number of benzene rings is 2. The summed E-state index contributed by atoms with van der Waals surface area (Å²) >= 11 is 0. The van der Waals surface area contributed by atoms with Crippen LogP contribution < -0.4 is 0 Å². The molecule has 0 aliphatic carbocycles. The third kappa shape index (κ3) is 2.68. The first kappa shape index (κ1) is 13.3. The lowest BCUT2D eigenvalue weighted by atomic mass is 9.89. The van der Waals surface area contributed by atoms with Gasteiger partial charge in [0.15, 0.2) is 0 Å². The van der Waals surface area contributed by atoms with Crippen LogP contribution in [-0.4, -0.2) is 11.1 Å². The summed E-state index contributed by atoms with van der Waals surface area (Å²) in [7, 11) is 0. The van der Waals surface area contributed by atoms with Gasteiger partial charge in [-0.15, -0.1) is 0 Å². The van der Waals surface area contributed by atoms with Crippen LogP contribution in [0.4, 0.5) is 0 Å². The molecule has 0 radical (unpaired) electrons. The molecule has 0 aliphatic heterocycles. The Morgan fingerprint density at radius 3 is 2.37 bits per heavy atom. The number of hydrogen-bond donors (Lipinski definition) is 1. The Labute approximate surface area is 113 Å². The van der Waals surface area contributed by atoms with E-state index >= 15 is 0 Å². The summed E-state index contributed by atoms with van der Waals surface area (Å²) in [6.45, 7) is 4.16. The molecular formula is C17H18O2. The molecule has 0 heterocycles. The van der Waals surface area contributed by atoms with Crippen LogP contribution in [0.15, 0.2) is 42.5 Å². The van der Waals surface area contributed by atoms with Crippen molar-refractivity contribution in [1.82, 2.24) is 0 Å². The van der Waals surface area contributed by atoms with Gasteiger partial charge in [-0.05, 0) is 41.7 Å². The summed E-state index contributed by atoms with van der Waals surface area (Å²) in [4.78, 5) is 11.5. The van der Waals surface area contributed by atoms with E-state index in [1.165, 1.54) is 0 Å². The van der Waals surface area contributed by atoms with Gasteiger partial charge < -0.3 is 5.11 Å². The zero-order valence-electron chi connectivity index (χ0n) is 11.3. The van der Waals surface area contributed by atoms with Crippen molar-refractivity contribution in [1.29, 1.82) is 0 Å². The van der Waals surface area contributed by atoms with Crippen LogP contribution in [-0.2, 0) is 6.42 Å². The first-order chi connectivity index (χ1) is 9.15. The highest BCUT2D eigenvalue weighted by Crippen LogP contribution is 2.31. The molecule has 2 rings (SSSR count). The summed E-state index contributed by atoms with van der Waals surface area (Å²) in [5.41, 5.74) is 4.54. The van der Waals surface area contributed by atoms with E-state index in [0.29, 0.717) is 5.56 Å². The van der Waals surface area contributed by atoms with E-state index < -0.39 is 5.97 Å². The molecule has 0 spiro atoms. The van der Waals surface area contributed by atoms with Crippen LogP contribution in [0, 0.1) is 6.92 Å². The van der Waals surface area contributed by atoms with Crippen LogP contribution in [0.2, 0.25) is 0 Å². The number of carboxylic acid groups (broad SMARTS) is 1. The van der Waals surface area contributed by atoms with Crippen LogP contribution in [0.3, 0.4) is 0 Å². The van der Waals surface area contributed by atoms with Crippen LogP contribution in [0.25, 0.3) is 11.1 Å². The van der Waals surface area contributed by atoms with Gasteiger partial charge in [0.05, 0.1) is 5.56 Å². The van der Waals surface area contributed by atoms with Gasteiger partial charge in [0.2, 0.25) is 0 Å². The van der Waals surface area contributed by atoms with E-state index in [1.54, 1.807) is 6.07 Å². The van der Waals surface area contributed by atoms with Crippen molar-refractivity contribution in [3.8, 4) is 11.1 Å². The van der Waals surface area contributed by atoms with Gasteiger partial charge in [0.1, 0.15) is 0 Å². The second kappa shape index (κ2) is 5.70. The van der Waals surface area contributed by atoms with Crippen molar-refractivity contribution in [3.05, 3.63) is 59.2 Å². The summed E-state index contributed by atoms with van der Waals surface area (Å²) < 4.78 is 0. The SMILES string of the molecule is CCCc1c(C)ccc(C(=O)O)c1-c1ccccc1. The second-order valence-corrected chi connectivity index (χ2v) is 4.70.